The van der Waals surface area contributed by atoms with Crippen LogP contribution in [0.25, 0.3) is 0 Å². The van der Waals surface area contributed by atoms with Crippen LogP contribution in [-0.2, 0) is 11.8 Å². The van der Waals surface area contributed by atoms with Crippen LogP contribution in [0.3, 0.4) is 0 Å². The minimum absolute atomic E-state index is 0.0288. The highest BCUT2D eigenvalue weighted by atomic mass is 16.2. The van der Waals surface area contributed by atoms with E-state index in [1.54, 1.807) is 17.9 Å². The quantitative estimate of drug-likeness (QED) is 0.760. The van der Waals surface area contributed by atoms with E-state index in [4.69, 9.17) is 0 Å². The second-order valence-corrected chi connectivity index (χ2v) is 4.69. The van der Waals surface area contributed by atoms with Crippen LogP contribution in [-0.4, -0.2) is 29.3 Å². The molecule has 0 saturated heterocycles. The number of amides is 1. The van der Waals surface area contributed by atoms with Gasteiger partial charge in [0.1, 0.15) is 6.04 Å². The third kappa shape index (κ3) is 3.30. The van der Waals surface area contributed by atoms with E-state index in [0.717, 1.165) is 24.4 Å². The first-order chi connectivity index (χ1) is 8.20. The van der Waals surface area contributed by atoms with Gasteiger partial charge in [0.15, 0.2) is 0 Å². The highest BCUT2D eigenvalue weighted by molar-refractivity contribution is 5.82. The molecule has 1 aromatic heterocycles. The molecule has 1 aromatic rings. The lowest BCUT2D eigenvalue weighted by Crippen LogP contribution is -2.36. The van der Waals surface area contributed by atoms with Crippen LogP contribution in [0, 0.1) is 5.92 Å². The van der Waals surface area contributed by atoms with Gasteiger partial charge < -0.3 is 10.6 Å². The SMILES string of the molecule is CNC(C(=O)NCCC1CC1)c1cnn(C)c1. The molecule has 2 N–H and O–H groups in total. The van der Waals surface area contributed by atoms with Crippen molar-refractivity contribution in [1.82, 2.24) is 20.4 Å². The highest BCUT2D eigenvalue weighted by Crippen LogP contribution is 2.31. The zero-order chi connectivity index (χ0) is 12.3. The molecule has 0 spiro atoms. The maximum Gasteiger partial charge on any atom is 0.241 e. The molecule has 17 heavy (non-hydrogen) atoms. The summed E-state index contributed by atoms with van der Waals surface area (Å²) in [6.07, 6.45) is 7.35. The first-order valence-electron chi connectivity index (χ1n) is 6.14. The average Bonchev–Trinajstić information content (AvgIpc) is 3.02. The molecule has 5 heteroatoms. The lowest BCUT2D eigenvalue weighted by atomic mass is 10.1. The Morgan fingerprint density at radius 3 is 2.94 bits per heavy atom. The standard InChI is InChI=1S/C12H20N4O/c1-13-11(10-7-15-16(2)8-10)12(17)14-6-5-9-3-4-9/h7-9,11,13H,3-6H2,1-2H3,(H,14,17). The van der Waals surface area contributed by atoms with Crippen molar-refractivity contribution < 1.29 is 4.79 Å². The Kier molecular flexibility index (Phi) is 3.78. The summed E-state index contributed by atoms with van der Waals surface area (Å²) < 4.78 is 1.71. The van der Waals surface area contributed by atoms with E-state index >= 15 is 0 Å². The van der Waals surface area contributed by atoms with E-state index in [9.17, 15) is 4.79 Å². The Labute approximate surface area is 102 Å². The van der Waals surface area contributed by atoms with Gasteiger partial charge in [-0.3, -0.25) is 9.48 Å². The predicted molar refractivity (Wildman–Crippen MR) is 65.4 cm³/mol. The van der Waals surface area contributed by atoms with Crippen LogP contribution in [0.2, 0.25) is 0 Å². The number of carbonyl (C=O) groups excluding carboxylic acids is 1. The molecule has 1 aliphatic rings. The minimum Gasteiger partial charge on any atom is -0.354 e. The summed E-state index contributed by atoms with van der Waals surface area (Å²) in [5, 5.41) is 10.1. The number of likely N-dealkylation sites (N-methyl/N-ethyl adjacent to an activating group) is 1. The van der Waals surface area contributed by atoms with Crippen molar-refractivity contribution in [3.05, 3.63) is 18.0 Å². The molecule has 5 nitrogen and oxygen atoms in total. The Morgan fingerprint density at radius 1 is 1.65 bits per heavy atom. The zero-order valence-electron chi connectivity index (χ0n) is 10.4. The monoisotopic (exact) mass is 236 g/mol. The molecule has 1 atom stereocenters. The van der Waals surface area contributed by atoms with Crippen LogP contribution in [0.5, 0.6) is 0 Å². The van der Waals surface area contributed by atoms with E-state index < -0.39 is 0 Å². The summed E-state index contributed by atoms with van der Waals surface area (Å²) in [6, 6.07) is -0.303. The van der Waals surface area contributed by atoms with Crippen LogP contribution < -0.4 is 10.6 Å². The molecule has 2 rings (SSSR count). The van der Waals surface area contributed by atoms with E-state index in [1.807, 2.05) is 13.2 Å². The topological polar surface area (TPSA) is 59.0 Å². The lowest BCUT2D eigenvalue weighted by Gasteiger charge is -2.14. The van der Waals surface area contributed by atoms with Crippen LogP contribution in [0.15, 0.2) is 12.4 Å². The van der Waals surface area contributed by atoms with Gasteiger partial charge in [0.05, 0.1) is 6.20 Å². The van der Waals surface area contributed by atoms with Gasteiger partial charge >= 0.3 is 0 Å². The molecule has 0 aliphatic heterocycles. The third-order valence-electron chi connectivity index (χ3n) is 3.16. The van der Waals surface area contributed by atoms with Gasteiger partial charge in [-0.1, -0.05) is 12.8 Å². The van der Waals surface area contributed by atoms with E-state index in [-0.39, 0.29) is 11.9 Å². The second-order valence-electron chi connectivity index (χ2n) is 4.69. The van der Waals surface area contributed by atoms with Gasteiger partial charge in [-0.15, -0.1) is 0 Å². The van der Waals surface area contributed by atoms with Gasteiger partial charge in [-0.25, -0.2) is 0 Å². The summed E-state index contributed by atoms with van der Waals surface area (Å²) in [7, 11) is 3.64. The average molecular weight is 236 g/mol. The molecule has 1 aliphatic carbocycles. The van der Waals surface area contributed by atoms with Gasteiger partial charge in [-0.05, 0) is 19.4 Å². The molecule has 1 amide bonds. The Bertz CT molecular complexity index is 384. The number of rotatable bonds is 6. The molecule has 1 heterocycles. The normalized spacial score (nSPS) is 16.8. The number of nitrogens with one attached hydrogen (secondary N) is 2. The fraction of sp³-hybridized carbons (Fsp3) is 0.667. The predicted octanol–water partition coefficient (Wildman–Crippen LogP) is 0.597. The fourth-order valence-corrected chi connectivity index (χ4v) is 1.95. The zero-order valence-corrected chi connectivity index (χ0v) is 10.4. The Hall–Kier alpha value is -1.36. The summed E-state index contributed by atoms with van der Waals surface area (Å²) in [4.78, 5) is 12.0. The van der Waals surface area contributed by atoms with Crippen molar-refractivity contribution in [3.63, 3.8) is 0 Å². The summed E-state index contributed by atoms with van der Waals surface area (Å²) in [5.74, 6) is 0.878. The molecule has 1 unspecified atom stereocenters. The largest absolute Gasteiger partial charge is 0.354 e. The third-order valence-corrected chi connectivity index (χ3v) is 3.16. The number of hydrogen-bond acceptors (Lipinski definition) is 3. The first-order valence-corrected chi connectivity index (χ1v) is 6.14. The number of nitrogens with zero attached hydrogens (tertiary/aromatic N) is 2. The molecule has 0 radical (unpaired) electrons. The van der Waals surface area contributed by atoms with Gasteiger partial charge in [-0.2, -0.15) is 5.10 Å². The van der Waals surface area contributed by atoms with Crippen molar-refractivity contribution in [2.45, 2.75) is 25.3 Å². The lowest BCUT2D eigenvalue weighted by molar-refractivity contribution is -0.123. The van der Waals surface area contributed by atoms with Crippen molar-refractivity contribution >= 4 is 5.91 Å². The van der Waals surface area contributed by atoms with Crippen LogP contribution in [0.4, 0.5) is 0 Å². The van der Waals surface area contributed by atoms with Crippen molar-refractivity contribution in [2.24, 2.45) is 13.0 Å². The smallest absolute Gasteiger partial charge is 0.241 e. The molecule has 0 bridgehead atoms. The first kappa shape index (κ1) is 12.1. The summed E-state index contributed by atoms with van der Waals surface area (Å²) in [6.45, 7) is 0.780. The minimum atomic E-state index is -0.303. The fourth-order valence-electron chi connectivity index (χ4n) is 1.95. The summed E-state index contributed by atoms with van der Waals surface area (Å²) in [5.41, 5.74) is 0.902. The highest BCUT2D eigenvalue weighted by Gasteiger charge is 2.23. The molecule has 0 aromatic carbocycles. The van der Waals surface area contributed by atoms with Gasteiger partial charge in [0.2, 0.25) is 5.91 Å². The molecule has 1 saturated carbocycles. The van der Waals surface area contributed by atoms with Gasteiger partial charge in [0.25, 0.3) is 0 Å². The molecule has 94 valence electrons. The van der Waals surface area contributed by atoms with Crippen LogP contribution >= 0.6 is 0 Å². The van der Waals surface area contributed by atoms with E-state index in [0.29, 0.717) is 0 Å². The molecular formula is C12H20N4O. The van der Waals surface area contributed by atoms with Crippen molar-refractivity contribution in [2.75, 3.05) is 13.6 Å². The van der Waals surface area contributed by atoms with E-state index in [2.05, 4.69) is 15.7 Å². The second kappa shape index (κ2) is 5.31. The summed E-state index contributed by atoms with van der Waals surface area (Å²) >= 11 is 0. The maximum absolute atomic E-state index is 12.0. The molecular weight excluding hydrogens is 216 g/mol. The van der Waals surface area contributed by atoms with Crippen molar-refractivity contribution in [1.29, 1.82) is 0 Å². The van der Waals surface area contributed by atoms with Gasteiger partial charge in [0, 0.05) is 25.4 Å². The van der Waals surface area contributed by atoms with Crippen molar-refractivity contribution in [3.8, 4) is 0 Å². The maximum atomic E-state index is 12.0. The Balaban J connectivity index is 1.85. The molecule has 1 fully saturated rings. The van der Waals surface area contributed by atoms with E-state index in [1.165, 1.54) is 12.8 Å². The Morgan fingerprint density at radius 2 is 2.41 bits per heavy atom. The number of carbonyl (C=O) groups is 1. The number of aryl methyl sites for hydroxylation is 1. The number of hydrogen-bond donors (Lipinski definition) is 2. The van der Waals surface area contributed by atoms with Crippen LogP contribution in [0.1, 0.15) is 30.9 Å². The number of aromatic nitrogens is 2.